The van der Waals surface area contributed by atoms with E-state index >= 15 is 0 Å². The predicted octanol–water partition coefficient (Wildman–Crippen LogP) is 3.66. The number of furan rings is 1. The third-order valence-corrected chi connectivity index (χ3v) is 4.09. The van der Waals surface area contributed by atoms with Crippen molar-refractivity contribution in [3.05, 3.63) is 66.4 Å². The van der Waals surface area contributed by atoms with E-state index in [-0.39, 0.29) is 31.1 Å². The molecule has 0 saturated heterocycles. The highest BCUT2D eigenvalue weighted by atomic mass is 16.5. The molecule has 0 N–H and O–H groups in total. The van der Waals surface area contributed by atoms with Gasteiger partial charge in [0.25, 0.3) is 0 Å². The van der Waals surface area contributed by atoms with Crippen LogP contribution in [0.2, 0.25) is 0 Å². The molecule has 1 aliphatic rings. The molecule has 1 amide bonds. The summed E-state index contributed by atoms with van der Waals surface area (Å²) < 4.78 is 10.9. The summed E-state index contributed by atoms with van der Waals surface area (Å²) in [5.41, 5.74) is 1.60. The third kappa shape index (κ3) is 3.21. The topological polar surface area (TPSA) is 72.1 Å². The first-order valence-corrected chi connectivity index (χ1v) is 8.31. The van der Waals surface area contributed by atoms with Crippen molar-refractivity contribution in [2.24, 2.45) is 5.10 Å². The van der Waals surface area contributed by atoms with Gasteiger partial charge in [-0.25, -0.2) is 9.80 Å². The van der Waals surface area contributed by atoms with Crippen LogP contribution in [0.4, 0.5) is 5.69 Å². The molecule has 2 aromatic carbocycles. The molecular formula is C20H16N2O4. The van der Waals surface area contributed by atoms with Gasteiger partial charge in [-0.15, -0.1) is 0 Å². The maximum absolute atomic E-state index is 12.3. The molecule has 6 heteroatoms. The number of carbonyl (C=O) groups is 2. The lowest BCUT2D eigenvalue weighted by Gasteiger charge is -2.22. The molecule has 26 heavy (non-hydrogen) atoms. The van der Waals surface area contributed by atoms with Crippen LogP contribution in [0.3, 0.4) is 0 Å². The molecular weight excluding hydrogens is 332 g/mol. The van der Waals surface area contributed by atoms with Crippen LogP contribution in [0, 0.1) is 0 Å². The number of rotatable bonds is 4. The van der Waals surface area contributed by atoms with E-state index < -0.39 is 5.97 Å². The van der Waals surface area contributed by atoms with Crippen molar-refractivity contribution in [3.63, 3.8) is 0 Å². The molecule has 0 bridgehead atoms. The summed E-state index contributed by atoms with van der Waals surface area (Å²) in [6, 6.07) is 18.4. The summed E-state index contributed by atoms with van der Waals surface area (Å²) in [5.74, 6) is -0.129. The highest BCUT2D eigenvalue weighted by molar-refractivity contribution is 6.37. The van der Waals surface area contributed by atoms with Crippen LogP contribution in [-0.4, -0.2) is 17.6 Å². The SMILES string of the molecule is O=C(OCc1cc2ccccc2o1)C1=NN(c2ccccc2)C(=O)CC1. The highest BCUT2D eigenvalue weighted by Gasteiger charge is 2.26. The molecule has 0 radical (unpaired) electrons. The lowest BCUT2D eigenvalue weighted by molar-refractivity contribution is -0.137. The molecule has 1 aromatic heterocycles. The minimum atomic E-state index is -0.543. The Kier molecular flexibility index (Phi) is 4.23. The summed E-state index contributed by atoms with van der Waals surface area (Å²) in [5, 5.41) is 6.39. The fourth-order valence-corrected chi connectivity index (χ4v) is 2.80. The smallest absolute Gasteiger partial charge is 0.354 e. The molecule has 4 rings (SSSR count). The number of amides is 1. The first-order valence-electron chi connectivity index (χ1n) is 8.31. The van der Waals surface area contributed by atoms with E-state index in [1.165, 1.54) is 5.01 Å². The largest absolute Gasteiger partial charge is 0.457 e. The zero-order chi connectivity index (χ0) is 17.9. The van der Waals surface area contributed by atoms with Crippen molar-refractivity contribution in [1.82, 2.24) is 0 Å². The van der Waals surface area contributed by atoms with Gasteiger partial charge in [0.05, 0.1) is 5.69 Å². The Morgan fingerprint density at radius 1 is 1.08 bits per heavy atom. The van der Waals surface area contributed by atoms with Gasteiger partial charge >= 0.3 is 5.97 Å². The number of fused-ring (bicyclic) bond motifs is 1. The van der Waals surface area contributed by atoms with Gasteiger partial charge in [0.15, 0.2) is 0 Å². The lowest BCUT2D eigenvalue weighted by Crippen LogP contribution is -2.34. The van der Waals surface area contributed by atoms with Crippen molar-refractivity contribution >= 4 is 34.2 Å². The van der Waals surface area contributed by atoms with Crippen molar-refractivity contribution in [2.75, 3.05) is 5.01 Å². The highest BCUT2D eigenvalue weighted by Crippen LogP contribution is 2.21. The van der Waals surface area contributed by atoms with Gasteiger partial charge in [-0.1, -0.05) is 36.4 Å². The molecule has 3 aromatic rings. The van der Waals surface area contributed by atoms with Crippen molar-refractivity contribution in [3.8, 4) is 0 Å². The zero-order valence-electron chi connectivity index (χ0n) is 13.9. The molecule has 0 fully saturated rings. The van der Waals surface area contributed by atoms with Crippen molar-refractivity contribution < 1.29 is 18.7 Å². The summed E-state index contributed by atoms with van der Waals surface area (Å²) in [6.07, 6.45) is 0.481. The second-order valence-corrected chi connectivity index (χ2v) is 5.91. The summed E-state index contributed by atoms with van der Waals surface area (Å²) in [6.45, 7) is 0.0197. The Hall–Kier alpha value is -3.41. The molecule has 0 saturated carbocycles. The number of ether oxygens (including phenoxy) is 1. The first kappa shape index (κ1) is 16.1. The van der Waals surface area contributed by atoms with Crippen molar-refractivity contribution in [1.29, 1.82) is 0 Å². The number of anilines is 1. The Bertz CT molecular complexity index is 958. The second-order valence-electron chi connectivity index (χ2n) is 5.91. The maximum Gasteiger partial charge on any atom is 0.354 e. The normalized spacial score (nSPS) is 14.4. The van der Waals surface area contributed by atoms with Gasteiger partial charge in [-0.05, 0) is 24.3 Å². The Morgan fingerprint density at radius 3 is 2.65 bits per heavy atom. The molecule has 0 atom stereocenters. The number of carbonyl (C=O) groups excluding carboxylic acids is 2. The first-order chi connectivity index (χ1) is 12.7. The molecule has 0 aliphatic carbocycles. The van der Waals surface area contributed by atoms with E-state index in [4.69, 9.17) is 9.15 Å². The van der Waals surface area contributed by atoms with Gasteiger partial charge < -0.3 is 9.15 Å². The van der Waals surface area contributed by atoms with E-state index in [1.54, 1.807) is 12.1 Å². The van der Waals surface area contributed by atoms with E-state index in [9.17, 15) is 9.59 Å². The minimum absolute atomic E-state index is 0.0197. The number of para-hydroxylation sites is 2. The maximum atomic E-state index is 12.3. The fourth-order valence-electron chi connectivity index (χ4n) is 2.80. The number of hydrazone groups is 1. The van der Waals surface area contributed by atoms with Gasteiger partial charge in [0.1, 0.15) is 23.7 Å². The molecule has 2 heterocycles. The number of nitrogens with zero attached hydrogens (tertiary/aromatic N) is 2. The second kappa shape index (κ2) is 6.84. The minimum Gasteiger partial charge on any atom is -0.457 e. The van der Waals surface area contributed by atoms with Crippen LogP contribution >= 0.6 is 0 Å². The average molecular weight is 348 g/mol. The summed E-state index contributed by atoms with van der Waals surface area (Å²) in [7, 11) is 0. The van der Waals surface area contributed by atoms with Crippen LogP contribution in [-0.2, 0) is 20.9 Å². The molecule has 1 aliphatic heterocycles. The Labute approximate surface area is 149 Å². The van der Waals surface area contributed by atoms with Crippen molar-refractivity contribution in [2.45, 2.75) is 19.4 Å². The van der Waals surface area contributed by atoms with Crippen LogP contribution in [0.1, 0.15) is 18.6 Å². The van der Waals surface area contributed by atoms with E-state index in [0.717, 1.165) is 11.0 Å². The summed E-state index contributed by atoms with van der Waals surface area (Å²) in [4.78, 5) is 24.4. The van der Waals surface area contributed by atoms with Crippen LogP contribution in [0.5, 0.6) is 0 Å². The fraction of sp³-hybridized carbons (Fsp3) is 0.150. The van der Waals surface area contributed by atoms with Gasteiger partial charge in [-0.3, -0.25) is 4.79 Å². The Balaban J connectivity index is 1.47. The summed E-state index contributed by atoms with van der Waals surface area (Å²) >= 11 is 0. The third-order valence-electron chi connectivity index (χ3n) is 4.09. The van der Waals surface area contributed by atoms with E-state index in [1.807, 2.05) is 48.5 Å². The van der Waals surface area contributed by atoms with E-state index in [0.29, 0.717) is 11.4 Å². The van der Waals surface area contributed by atoms with Crippen LogP contribution in [0.15, 0.2) is 70.2 Å². The van der Waals surface area contributed by atoms with Gasteiger partial charge in [0.2, 0.25) is 5.91 Å². The zero-order valence-corrected chi connectivity index (χ0v) is 13.9. The number of esters is 1. The molecule has 0 unspecified atom stereocenters. The Morgan fingerprint density at radius 2 is 1.85 bits per heavy atom. The monoisotopic (exact) mass is 348 g/mol. The van der Waals surface area contributed by atoms with Crippen LogP contribution < -0.4 is 5.01 Å². The van der Waals surface area contributed by atoms with E-state index in [2.05, 4.69) is 5.10 Å². The quantitative estimate of drug-likeness (QED) is 0.675. The van der Waals surface area contributed by atoms with Gasteiger partial charge in [-0.2, -0.15) is 5.10 Å². The number of hydrogen-bond acceptors (Lipinski definition) is 5. The van der Waals surface area contributed by atoms with Gasteiger partial charge in [0, 0.05) is 18.2 Å². The average Bonchev–Trinajstić information content (AvgIpc) is 3.10. The number of hydrogen-bond donors (Lipinski definition) is 0. The lowest BCUT2D eigenvalue weighted by atomic mass is 10.1. The predicted molar refractivity (Wildman–Crippen MR) is 96.6 cm³/mol. The standard InChI is InChI=1S/C20H16N2O4/c23-19-11-10-17(21-22(19)15-7-2-1-3-8-15)20(24)25-13-16-12-14-6-4-5-9-18(14)26-16/h1-9,12H,10-11,13H2. The molecule has 130 valence electrons. The number of benzene rings is 2. The van der Waals surface area contributed by atoms with Crippen LogP contribution in [0.25, 0.3) is 11.0 Å². The molecule has 6 nitrogen and oxygen atoms in total. The molecule has 0 spiro atoms.